The van der Waals surface area contributed by atoms with Crippen molar-refractivity contribution in [1.82, 2.24) is 15.0 Å². The van der Waals surface area contributed by atoms with Crippen molar-refractivity contribution >= 4 is 38.9 Å². The number of nitrogens with one attached hydrogen (secondary N) is 2. The molecule has 0 aliphatic carbocycles. The fourth-order valence-electron chi connectivity index (χ4n) is 2.16. The van der Waals surface area contributed by atoms with Crippen LogP contribution in [0.3, 0.4) is 0 Å². The molecule has 3 aromatic rings. The van der Waals surface area contributed by atoms with Crippen molar-refractivity contribution in [3.05, 3.63) is 35.1 Å². The SMILES string of the molecule is CCNc1nc(C)nc(Nc2ccc3ncsc3c2)c1C. The first-order chi connectivity index (χ1) is 10.2. The summed E-state index contributed by atoms with van der Waals surface area (Å²) in [4.78, 5) is 13.2. The lowest BCUT2D eigenvalue weighted by Gasteiger charge is -2.13. The Labute approximate surface area is 127 Å². The Balaban J connectivity index is 1.96. The molecule has 0 fully saturated rings. The number of benzene rings is 1. The molecule has 1 aromatic carbocycles. The largest absolute Gasteiger partial charge is 0.370 e. The first kappa shape index (κ1) is 13.8. The van der Waals surface area contributed by atoms with E-state index >= 15 is 0 Å². The molecule has 0 atom stereocenters. The number of aromatic nitrogens is 3. The summed E-state index contributed by atoms with van der Waals surface area (Å²) >= 11 is 1.63. The standard InChI is InChI=1S/C15H17N5S/c1-4-16-14-9(2)15(19-10(3)18-14)20-11-5-6-12-13(7-11)21-8-17-12/h5-8H,4H2,1-3H3,(H2,16,18,19,20). The first-order valence-electron chi connectivity index (χ1n) is 6.86. The zero-order valence-corrected chi connectivity index (χ0v) is 13.1. The predicted molar refractivity (Wildman–Crippen MR) is 88.6 cm³/mol. The van der Waals surface area contributed by atoms with E-state index in [-0.39, 0.29) is 0 Å². The number of fused-ring (bicyclic) bond motifs is 1. The Bertz CT molecular complexity index is 781. The van der Waals surface area contributed by atoms with Crippen LogP contribution in [0.4, 0.5) is 17.3 Å². The minimum absolute atomic E-state index is 0.748. The van der Waals surface area contributed by atoms with Crippen LogP contribution in [-0.2, 0) is 0 Å². The Morgan fingerprint density at radius 2 is 1.95 bits per heavy atom. The summed E-state index contributed by atoms with van der Waals surface area (Å²) in [6.45, 7) is 6.81. The maximum atomic E-state index is 4.50. The maximum absolute atomic E-state index is 4.50. The average Bonchev–Trinajstić information content (AvgIpc) is 2.91. The van der Waals surface area contributed by atoms with E-state index in [1.165, 1.54) is 0 Å². The van der Waals surface area contributed by atoms with E-state index in [1.807, 2.05) is 31.5 Å². The van der Waals surface area contributed by atoms with E-state index < -0.39 is 0 Å². The van der Waals surface area contributed by atoms with Gasteiger partial charge in [0.25, 0.3) is 0 Å². The van der Waals surface area contributed by atoms with Crippen molar-refractivity contribution in [2.24, 2.45) is 0 Å². The van der Waals surface area contributed by atoms with Gasteiger partial charge in [0.2, 0.25) is 0 Å². The van der Waals surface area contributed by atoms with Crippen molar-refractivity contribution < 1.29 is 0 Å². The quantitative estimate of drug-likeness (QED) is 0.765. The van der Waals surface area contributed by atoms with Gasteiger partial charge in [-0.15, -0.1) is 11.3 Å². The van der Waals surface area contributed by atoms with Crippen LogP contribution in [0.25, 0.3) is 10.2 Å². The molecule has 0 saturated carbocycles. The van der Waals surface area contributed by atoms with Crippen LogP contribution in [-0.4, -0.2) is 21.5 Å². The third-order valence-corrected chi connectivity index (χ3v) is 3.99. The molecule has 0 unspecified atom stereocenters. The third kappa shape index (κ3) is 2.80. The number of thiazole rings is 1. The van der Waals surface area contributed by atoms with Gasteiger partial charge in [0.1, 0.15) is 17.5 Å². The van der Waals surface area contributed by atoms with Gasteiger partial charge < -0.3 is 10.6 Å². The average molecular weight is 299 g/mol. The molecule has 2 heterocycles. The van der Waals surface area contributed by atoms with Gasteiger partial charge in [0.15, 0.2) is 0 Å². The van der Waals surface area contributed by atoms with Gasteiger partial charge in [-0.1, -0.05) is 0 Å². The lowest BCUT2D eigenvalue weighted by Crippen LogP contribution is -2.07. The molecular formula is C15H17N5S. The molecular weight excluding hydrogens is 282 g/mol. The van der Waals surface area contributed by atoms with Gasteiger partial charge in [-0.05, 0) is 39.0 Å². The zero-order chi connectivity index (χ0) is 14.8. The number of hydrogen-bond donors (Lipinski definition) is 2. The molecule has 5 nitrogen and oxygen atoms in total. The van der Waals surface area contributed by atoms with Crippen LogP contribution in [0.15, 0.2) is 23.7 Å². The summed E-state index contributed by atoms with van der Waals surface area (Å²) in [5.41, 5.74) is 4.91. The summed E-state index contributed by atoms with van der Waals surface area (Å²) in [5, 5.41) is 6.65. The fourth-order valence-corrected chi connectivity index (χ4v) is 2.88. The van der Waals surface area contributed by atoms with E-state index in [0.717, 1.165) is 45.5 Å². The molecule has 0 saturated heterocycles. The number of rotatable bonds is 4. The van der Waals surface area contributed by atoms with E-state index in [0.29, 0.717) is 0 Å². The Morgan fingerprint density at radius 3 is 2.76 bits per heavy atom. The van der Waals surface area contributed by atoms with Gasteiger partial charge in [0, 0.05) is 17.8 Å². The smallest absolute Gasteiger partial charge is 0.139 e. The van der Waals surface area contributed by atoms with Crippen molar-refractivity contribution in [2.45, 2.75) is 20.8 Å². The van der Waals surface area contributed by atoms with Crippen LogP contribution in [0, 0.1) is 13.8 Å². The van der Waals surface area contributed by atoms with Crippen LogP contribution in [0.5, 0.6) is 0 Å². The number of aryl methyl sites for hydroxylation is 1. The van der Waals surface area contributed by atoms with Crippen LogP contribution in [0.2, 0.25) is 0 Å². The second-order valence-corrected chi connectivity index (χ2v) is 5.67. The first-order valence-corrected chi connectivity index (χ1v) is 7.74. The highest BCUT2D eigenvalue weighted by Crippen LogP contribution is 2.27. The topological polar surface area (TPSA) is 62.7 Å². The number of nitrogens with zero attached hydrogens (tertiary/aromatic N) is 3. The molecule has 3 rings (SSSR count). The van der Waals surface area contributed by atoms with Gasteiger partial charge in [-0.3, -0.25) is 0 Å². The predicted octanol–water partition coefficient (Wildman–Crippen LogP) is 3.88. The fraction of sp³-hybridized carbons (Fsp3) is 0.267. The van der Waals surface area contributed by atoms with E-state index in [2.05, 4.69) is 38.6 Å². The third-order valence-electron chi connectivity index (χ3n) is 3.20. The maximum Gasteiger partial charge on any atom is 0.139 e. The molecule has 21 heavy (non-hydrogen) atoms. The second-order valence-electron chi connectivity index (χ2n) is 4.78. The molecule has 0 bridgehead atoms. The number of anilines is 3. The van der Waals surface area contributed by atoms with Crippen molar-refractivity contribution in [1.29, 1.82) is 0 Å². The summed E-state index contributed by atoms with van der Waals surface area (Å²) in [5.74, 6) is 2.46. The summed E-state index contributed by atoms with van der Waals surface area (Å²) in [7, 11) is 0. The lowest BCUT2D eigenvalue weighted by molar-refractivity contribution is 1.02. The Kier molecular flexibility index (Phi) is 3.70. The monoisotopic (exact) mass is 299 g/mol. The molecule has 2 aromatic heterocycles. The van der Waals surface area contributed by atoms with Crippen LogP contribution < -0.4 is 10.6 Å². The molecule has 0 amide bonds. The van der Waals surface area contributed by atoms with E-state index in [4.69, 9.17) is 0 Å². The Morgan fingerprint density at radius 1 is 1.14 bits per heavy atom. The van der Waals surface area contributed by atoms with Gasteiger partial charge >= 0.3 is 0 Å². The second kappa shape index (κ2) is 5.65. The molecule has 6 heteroatoms. The summed E-state index contributed by atoms with van der Waals surface area (Å²) in [6.07, 6.45) is 0. The molecule has 0 spiro atoms. The van der Waals surface area contributed by atoms with Crippen LogP contribution in [0.1, 0.15) is 18.3 Å². The number of hydrogen-bond acceptors (Lipinski definition) is 6. The lowest BCUT2D eigenvalue weighted by atomic mass is 10.2. The highest BCUT2D eigenvalue weighted by molar-refractivity contribution is 7.16. The molecule has 2 N–H and O–H groups in total. The normalized spacial score (nSPS) is 10.8. The summed E-state index contributed by atoms with van der Waals surface area (Å²) in [6, 6.07) is 6.13. The highest BCUT2D eigenvalue weighted by Gasteiger charge is 2.09. The zero-order valence-electron chi connectivity index (χ0n) is 12.3. The van der Waals surface area contributed by atoms with Crippen molar-refractivity contribution in [3.8, 4) is 0 Å². The van der Waals surface area contributed by atoms with Gasteiger partial charge in [-0.25, -0.2) is 15.0 Å². The van der Waals surface area contributed by atoms with Crippen LogP contribution >= 0.6 is 11.3 Å². The minimum Gasteiger partial charge on any atom is -0.370 e. The van der Waals surface area contributed by atoms with Crippen molar-refractivity contribution in [3.63, 3.8) is 0 Å². The molecule has 0 aliphatic rings. The van der Waals surface area contributed by atoms with Gasteiger partial charge in [0.05, 0.1) is 15.7 Å². The molecule has 0 aliphatic heterocycles. The Hall–Kier alpha value is -2.21. The highest BCUT2D eigenvalue weighted by atomic mass is 32.1. The van der Waals surface area contributed by atoms with E-state index in [9.17, 15) is 0 Å². The van der Waals surface area contributed by atoms with Crippen molar-refractivity contribution in [2.75, 3.05) is 17.2 Å². The minimum atomic E-state index is 0.748. The molecule has 0 radical (unpaired) electrons. The molecule has 108 valence electrons. The van der Waals surface area contributed by atoms with Gasteiger partial charge in [-0.2, -0.15) is 0 Å². The van der Waals surface area contributed by atoms with E-state index in [1.54, 1.807) is 11.3 Å². The summed E-state index contributed by atoms with van der Waals surface area (Å²) < 4.78 is 1.16.